The Morgan fingerprint density at radius 2 is 1.80 bits per heavy atom. The van der Waals surface area contributed by atoms with Gasteiger partial charge in [0.25, 0.3) is 0 Å². The number of hydrogen-bond donors (Lipinski definition) is 1. The van der Waals surface area contributed by atoms with Gasteiger partial charge in [0.15, 0.2) is 6.39 Å². The molecule has 0 aliphatic heterocycles. The fourth-order valence-corrected chi connectivity index (χ4v) is 4.21. The minimum Gasteiger partial charge on any atom is -0.451 e. The van der Waals surface area contributed by atoms with Gasteiger partial charge in [0.05, 0.1) is 4.90 Å². The number of oxazole rings is 1. The first-order valence-corrected chi connectivity index (χ1v) is 10.8. The topological polar surface area (TPSA) is 86.2 Å². The van der Waals surface area contributed by atoms with Crippen molar-refractivity contribution < 1.29 is 17.2 Å². The van der Waals surface area contributed by atoms with E-state index in [0.717, 1.165) is 5.56 Å². The lowest BCUT2D eigenvalue weighted by Crippen LogP contribution is -2.16. The molecule has 7 heteroatoms. The monoisotopic (exact) mass is 422 g/mol. The molecule has 1 aromatic heterocycles. The van der Waals surface area contributed by atoms with Crippen molar-refractivity contribution in [1.29, 1.82) is 0 Å². The Kier molecular flexibility index (Phi) is 5.24. The molecule has 4 rings (SSSR count). The van der Waals surface area contributed by atoms with Crippen LogP contribution in [-0.4, -0.2) is 13.4 Å². The van der Waals surface area contributed by atoms with Gasteiger partial charge in [-0.2, -0.15) is 0 Å². The molecule has 0 aliphatic carbocycles. The molecule has 30 heavy (non-hydrogen) atoms. The van der Waals surface area contributed by atoms with Gasteiger partial charge in [-0.25, -0.2) is 22.9 Å². The van der Waals surface area contributed by atoms with Gasteiger partial charge in [-0.1, -0.05) is 42.5 Å². The van der Waals surface area contributed by atoms with E-state index in [1.807, 2.05) is 30.3 Å². The Labute approximate surface area is 174 Å². The zero-order valence-corrected chi connectivity index (χ0v) is 17.0. The molecule has 0 amide bonds. The van der Waals surface area contributed by atoms with Crippen molar-refractivity contribution in [3.63, 3.8) is 0 Å². The number of aromatic nitrogens is 1. The van der Waals surface area contributed by atoms with Crippen LogP contribution in [-0.2, 0) is 16.4 Å². The van der Waals surface area contributed by atoms with Crippen LogP contribution >= 0.6 is 0 Å². The zero-order valence-electron chi connectivity index (χ0n) is 16.2. The Bertz CT molecular complexity index is 1300. The molecular formula is C23H19FN2O3S. The quantitative estimate of drug-likeness (QED) is 0.505. The number of nitrogens with two attached hydrogens (primary N) is 1. The number of halogens is 1. The summed E-state index contributed by atoms with van der Waals surface area (Å²) in [6.07, 6.45) is 3.05. The maximum Gasteiger partial charge on any atom is 0.238 e. The molecule has 0 atom stereocenters. The number of benzene rings is 3. The number of nitrogens with zero attached hydrogens (tertiary/aromatic N) is 1. The van der Waals surface area contributed by atoms with Gasteiger partial charge in [0, 0.05) is 5.56 Å². The average molecular weight is 422 g/mol. The number of hydrogen-bond acceptors (Lipinski definition) is 4. The van der Waals surface area contributed by atoms with E-state index in [2.05, 4.69) is 4.98 Å². The lowest BCUT2D eigenvalue weighted by atomic mass is 9.93. The van der Waals surface area contributed by atoms with Gasteiger partial charge in [-0.15, -0.1) is 0 Å². The van der Waals surface area contributed by atoms with Crippen LogP contribution in [0.3, 0.4) is 0 Å². The molecule has 0 spiro atoms. The van der Waals surface area contributed by atoms with E-state index in [-0.39, 0.29) is 10.7 Å². The third-order valence-corrected chi connectivity index (χ3v) is 5.93. The highest BCUT2D eigenvalue weighted by Crippen LogP contribution is 2.35. The second-order valence-corrected chi connectivity index (χ2v) is 8.58. The Morgan fingerprint density at radius 3 is 2.43 bits per heavy atom. The minimum atomic E-state index is -4.07. The minimum absolute atomic E-state index is 0.0252. The maximum absolute atomic E-state index is 14.2. The third-order valence-electron chi connectivity index (χ3n) is 4.95. The summed E-state index contributed by atoms with van der Waals surface area (Å²) in [5.74, 6) is -0.374. The fourth-order valence-electron chi connectivity index (χ4n) is 3.39. The summed E-state index contributed by atoms with van der Waals surface area (Å²) >= 11 is 0. The first-order valence-electron chi connectivity index (χ1n) is 9.21. The van der Waals surface area contributed by atoms with Crippen molar-refractivity contribution in [2.45, 2.75) is 18.2 Å². The van der Waals surface area contributed by atoms with Gasteiger partial charge in [0.2, 0.25) is 10.0 Å². The molecule has 0 aliphatic rings. The summed E-state index contributed by atoms with van der Waals surface area (Å²) < 4.78 is 44.4. The predicted octanol–water partition coefficient (Wildman–Crippen LogP) is 4.69. The second-order valence-electron chi connectivity index (χ2n) is 7.05. The van der Waals surface area contributed by atoms with Crippen LogP contribution in [0.4, 0.5) is 4.39 Å². The lowest BCUT2D eigenvalue weighted by molar-refractivity contribution is 0.558. The third kappa shape index (κ3) is 4.03. The molecule has 5 nitrogen and oxygen atoms in total. The van der Waals surface area contributed by atoms with Gasteiger partial charge >= 0.3 is 0 Å². The Morgan fingerprint density at radius 1 is 1.03 bits per heavy atom. The number of rotatable bonds is 5. The van der Waals surface area contributed by atoms with Crippen molar-refractivity contribution in [3.8, 4) is 22.4 Å². The highest BCUT2D eigenvalue weighted by atomic mass is 32.2. The highest BCUT2D eigenvalue weighted by molar-refractivity contribution is 7.89. The SMILES string of the molecule is Cc1ccc(-c2cc(-c3cocn3)c(Cc3ccccc3)c(S(N)(=O)=O)c2)cc1F. The lowest BCUT2D eigenvalue weighted by Gasteiger charge is -2.16. The Balaban J connectivity index is 1.99. The molecule has 152 valence electrons. The van der Waals surface area contributed by atoms with Crippen molar-refractivity contribution >= 4 is 10.0 Å². The second kappa shape index (κ2) is 7.85. The van der Waals surface area contributed by atoms with Crippen LogP contribution in [0.5, 0.6) is 0 Å². The molecule has 0 saturated heterocycles. The standard InChI is InChI=1S/C23H19FN2O3S/c1-15-7-8-17(11-21(15)24)18-10-19(22-13-29-14-26-22)20(23(12-18)30(25,27)28)9-16-5-3-2-4-6-16/h2-8,10-14H,9H2,1H3,(H2,25,27,28). The van der Waals surface area contributed by atoms with Crippen molar-refractivity contribution in [3.05, 3.63) is 95.8 Å². The van der Waals surface area contributed by atoms with E-state index >= 15 is 0 Å². The maximum atomic E-state index is 14.2. The van der Waals surface area contributed by atoms with Crippen LogP contribution in [0.2, 0.25) is 0 Å². The molecule has 0 saturated carbocycles. The number of primary sulfonamides is 1. The summed E-state index contributed by atoms with van der Waals surface area (Å²) in [7, 11) is -4.07. The van der Waals surface area contributed by atoms with Crippen molar-refractivity contribution in [2.24, 2.45) is 5.14 Å². The predicted molar refractivity (Wildman–Crippen MR) is 113 cm³/mol. The van der Waals surface area contributed by atoms with Crippen LogP contribution in [0.25, 0.3) is 22.4 Å². The summed E-state index contributed by atoms with van der Waals surface area (Å²) in [6, 6.07) is 17.5. The van der Waals surface area contributed by atoms with E-state index in [1.54, 1.807) is 25.1 Å². The molecule has 0 radical (unpaired) electrons. The van der Waals surface area contributed by atoms with E-state index < -0.39 is 10.0 Å². The largest absolute Gasteiger partial charge is 0.451 e. The Hall–Kier alpha value is -3.29. The summed E-state index contributed by atoms with van der Waals surface area (Å²) in [6.45, 7) is 1.67. The van der Waals surface area contributed by atoms with Gasteiger partial charge in [-0.05, 0) is 59.4 Å². The molecule has 1 heterocycles. The van der Waals surface area contributed by atoms with Crippen molar-refractivity contribution in [1.82, 2.24) is 4.98 Å². The van der Waals surface area contributed by atoms with E-state index in [1.165, 1.54) is 24.8 Å². The highest BCUT2D eigenvalue weighted by Gasteiger charge is 2.22. The molecular weight excluding hydrogens is 403 g/mol. The molecule has 0 unspecified atom stereocenters. The van der Waals surface area contributed by atoms with Crippen molar-refractivity contribution in [2.75, 3.05) is 0 Å². The summed E-state index contributed by atoms with van der Waals surface area (Å²) in [5.41, 5.74) is 4.03. The number of sulfonamides is 1. The zero-order chi connectivity index (χ0) is 21.3. The molecule has 0 bridgehead atoms. The summed E-state index contributed by atoms with van der Waals surface area (Å²) in [5, 5.41) is 5.59. The summed E-state index contributed by atoms with van der Waals surface area (Å²) in [4.78, 5) is 4.18. The van der Waals surface area contributed by atoms with E-state index in [9.17, 15) is 12.8 Å². The number of aryl methyl sites for hydroxylation is 1. The first kappa shape index (κ1) is 20.0. The van der Waals surface area contributed by atoms with Crippen LogP contribution < -0.4 is 5.14 Å². The van der Waals surface area contributed by atoms with E-state index in [4.69, 9.17) is 9.56 Å². The molecule has 2 N–H and O–H groups in total. The van der Waals surface area contributed by atoms with Gasteiger partial charge in [0.1, 0.15) is 17.8 Å². The van der Waals surface area contributed by atoms with E-state index in [0.29, 0.717) is 39.9 Å². The fraction of sp³-hybridized carbons (Fsp3) is 0.0870. The average Bonchev–Trinajstić information content (AvgIpc) is 3.25. The molecule has 3 aromatic carbocycles. The van der Waals surface area contributed by atoms with Gasteiger partial charge in [-0.3, -0.25) is 0 Å². The normalized spacial score (nSPS) is 11.6. The van der Waals surface area contributed by atoms with Gasteiger partial charge < -0.3 is 4.42 Å². The van der Waals surface area contributed by atoms with Crippen LogP contribution in [0.1, 0.15) is 16.7 Å². The smallest absolute Gasteiger partial charge is 0.238 e. The first-order chi connectivity index (χ1) is 14.3. The molecule has 0 fully saturated rings. The van der Waals surface area contributed by atoms with Crippen LogP contribution in [0, 0.1) is 12.7 Å². The van der Waals surface area contributed by atoms with Crippen LogP contribution in [0.15, 0.2) is 82.6 Å². The molecule has 4 aromatic rings.